The second kappa shape index (κ2) is 10.5. The molecule has 0 aliphatic heterocycles. The van der Waals surface area contributed by atoms with Crippen LogP contribution in [0.5, 0.6) is 11.5 Å². The molecule has 2 nitrogen and oxygen atoms in total. The van der Waals surface area contributed by atoms with Gasteiger partial charge in [0.05, 0.1) is 0 Å². The van der Waals surface area contributed by atoms with Crippen molar-refractivity contribution in [3.05, 3.63) is 54.2 Å². The van der Waals surface area contributed by atoms with Gasteiger partial charge in [0.15, 0.2) is 0 Å². The molecule has 0 fully saturated rings. The number of hydrogen-bond acceptors (Lipinski definition) is 2. The summed E-state index contributed by atoms with van der Waals surface area (Å²) >= 11 is 1.55. The Kier molecular flexibility index (Phi) is 9.09. The van der Waals surface area contributed by atoms with Crippen LogP contribution in [0, 0.1) is 32.6 Å². The maximum absolute atomic E-state index is 13.7. The first-order valence-corrected chi connectivity index (χ1v) is 17.2. The van der Waals surface area contributed by atoms with Crippen LogP contribution in [-0.2, 0) is 0 Å². The summed E-state index contributed by atoms with van der Waals surface area (Å²) < 4.78 is 42.5. The van der Waals surface area contributed by atoms with E-state index in [2.05, 4.69) is 72.9 Å². The number of halogens is 4. The first kappa shape index (κ1) is 25.2. The van der Waals surface area contributed by atoms with Crippen LogP contribution in [0.25, 0.3) is 0 Å². The zero-order valence-corrected chi connectivity index (χ0v) is 24.1. The van der Waals surface area contributed by atoms with Crippen LogP contribution in [-0.4, -0.2) is 24.1 Å². The van der Waals surface area contributed by atoms with Gasteiger partial charge in [0, 0.05) is 0 Å². The van der Waals surface area contributed by atoms with Gasteiger partial charge in [-0.1, -0.05) is 0 Å². The van der Waals surface area contributed by atoms with Gasteiger partial charge in [0.1, 0.15) is 0 Å². The Morgan fingerprint density at radius 3 is 1.38 bits per heavy atom. The first-order valence-electron chi connectivity index (χ1n) is 9.64. The molecule has 7 heteroatoms. The molecule has 2 rings (SSSR count). The average Bonchev–Trinajstić information content (AvgIpc) is 2.57. The normalized spacial score (nSPS) is 12.0. The molecule has 0 aliphatic rings. The van der Waals surface area contributed by atoms with E-state index >= 15 is 0 Å². The summed E-state index contributed by atoms with van der Waals surface area (Å²) in [4.78, 5) is 0. The molecule has 0 radical (unpaired) electrons. The zero-order chi connectivity index (χ0) is 21.9. The molecule has 0 saturated heterocycles. The molecular weight excluding hydrogens is 661 g/mol. The van der Waals surface area contributed by atoms with Crippen LogP contribution in [0.3, 0.4) is 0 Å². The molecule has 2 aromatic rings. The van der Waals surface area contributed by atoms with E-state index in [0.29, 0.717) is 20.4 Å². The number of aryl methyl sites for hydroxylation is 2. The number of ether oxygens (including phenoxy) is 2. The van der Waals surface area contributed by atoms with Crippen molar-refractivity contribution in [2.24, 2.45) is 0 Å². The standard InChI is InChI=1S/C22H28F2GeI2O2/c1-13(2)25(14(3)4,11-28-21-15(5)7-17(23)9-19(21)26)12-29-22-16(6)8-18(24)10-20(22)27/h7-10,13-14H,11-12H2,1-6H3. The Hall–Kier alpha value is -0.0971. The number of rotatable bonds is 8. The molecule has 0 heterocycles. The summed E-state index contributed by atoms with van der Waals surface area (Å²) in [6.45, 7) is 12.7. The predicted molar refractivity (Wildman–Crippen MR) is 135 cm³/mol. The summed E-state index contributed by atoms with van der Waals surface area (Å²) in [5, 5.41) is 0. The summed E-state index contributed by atoms with van der Waals surface area (Å²) in [6.07, 6.45) is 0. The fraction of sp³-hybridized carbons (Fsp3) is 0.455. The first-order chi connectivity index (χ1) is 13.5. The van der Waals surface area contributed by atoms with E-state index in [1.54, 1.807) is 0 Å². The minimum atomic E-state index is -2.70. The van der Waals surface area contributed by atoms with Gasteiger partial charge < -0.3 is 0 Å². The van der Waals surface area contributed by atoms with E-state index < -0.39 is 13.3 Å². The van der Waals surface area contributed by atoms with E-state index in [4.69, 9.17) is 9.47 Å². The monoisotopic (exact) mass is 690 g/mol. The van der Waals surface area contributed by atoms with Crippen molar-refractivity contribution in [1.29, 1.82) is 0 Å². The summed E-state index contributed by atoms with van der Waals surface area (Å²) in [5.41, 5.74) is 2.88. The van der Waals surface area contributed by atoms with Crippen LogP contribution in [0.2, 0.25) is 9.50 Å². The van der Waals surface area contributed by atoms with Crippen molar-refractivity contribution < 1.29 is 18.3 Å². The average molecular weight is 689 g/mol. The van der Waals surface area contributed by atoms with Gasteiger partial charge in [-0.3, -0.25) is 0 Å². The molecule has 0 bridgehead atoms. The Morgan fingerprint density at radius 2 is 1.10 bits per heavy atom. The van der Waals surface area contributed by atoms with Crippen LogP contribution in [0.15, 0.2) is 24.3 Å². The summed E-state index contributed by atoms with van der Waals surface area (Å²) in [5.74, 6) is 1.03. The van der Waals surface area contributed by atoms with Gasteiger partial charge in [-0.15, -0.1) is 0 Å². The van der Waals surface area contributed by atoms with Crippen LogP contribution < -0.4 is 9.47 Å². The van der Waals surface area contributed by atoms with Gasteiger partial charge in [-0.05, 0) is 0 Å². The van der Waals surface area contributed by atoms with Crippen molar-refractivity contribution in [2.45, 2.75) is 51.0 Å². The van der Waals surface area contributed by atoms with E-state index in [-0.39, 0.29) is 11.6 Å². The molecule has 29 heavy (non-hydrogen) atoms. The van der Waals surface area contributed by atoms with Gasteiger partial charge in [-0.2, -0.15) is 0 Å². The van der Waals surface area contributed by atoms with Crippen molar-refractivity contribution in [2.75, 3.05) is 10.9 Å². The minimum absolute atomic E-state index is 0.246. The molecule has 2 aromatic carbocycles. The van der Waals surface area contributed by atoms with Crippen molar-refractivity contribution in [1.82, 2.24) is 0 Å². The predicted octanol–water partition coefficient (Wildman–Crippen LogP) is 7.60. The maximum atomic E-state index is 13.7. The number of hydrogen-bond donors (Lipinski definition) is 0. The summed E-state index contributed by atoms with van der Waals surface area (Å²) in [6, 6.07) is 6.03. The van der Waals surface area contributed by atoms with Crippen molar-refractivity contribution >= 4 is 58.4 Å². The molecular formula is C22H28F2GeI2O2. The van der Waals surface area contributed by atoms with Crippen molar-refractivity contribution in [3.63, 3.8) is 0 Å². The number of benzene rings is 2. The third-order valence-corrected chi connectivity index (χ3v) is 19.8. The van der Waals surface area contributed by atoms with E-state index in [1.165, 1.54) is 24.3 Å². The topological polar surface area (TPSA) is 18.5 Å². The van der Waals surface area contributed by atoms with Gasteiger partial charge in [0.25, 0.3) is 0 Å². The van der Waals surface area contributed by atoms with E-state index in [9.17, 15) is 8.78 Å². The molecule has 0 amide bonds. The third-order valence-electron chi connectivity index (χ3n) is 5.66. The van der Waals surface area contributed by atoms with E-state index in [0.717, 1.165) is 29.8 Å². The van der Waals surface area contributed by atoms with Gasteiger partial charge in [-0.25, -0.2) is 0 Å². The fourth-order valence-electron chi connectivity index (χ4n) is 3.53. The molecule has 0 spiro atoms. The van der Waals surface area contributed by atoms with Crippen LogP contribution in [0.4, 0.5) is 8.78 Å². The Labute approximate surface area is 202 Å². The zero-order valence-electron chi connectivity index (χ0n) is 17.7. The molecule has 0 aromatic heterocycles. The molecule has 0 aliphatic carbocycles. The van der Waals surface area contributed by atoms with Crippen LogP contribution in [0.1, 0.15) is 38.8 Å². The molecule has 0 saturated carbocycles. The Bertz CT molecular complexity index is 754. The fourth-order valence-corrected chi connectivity index (χ4v) is 12.8. The second-order valence-corrected chi connectivity index (χ2v) is 21.7. The third kappa shape index (κ3) is 5.99. The molecule has 0 N–H and O–H groups in total. The molecule has 0 atom stereocenters. The Balaban J connectivity index is 2.30. The van der Waals surface area contributed by atoms with Gasteiger partial charge >= 0.3 is 204 Å². The quantitative estimate of drug-likeness (QED) is 0.210. The van der Waals surface area contributed by atoms with Crippen molar-refractivity contribution in [3.8, 4) is 11.5 Å². The SMILES string of the molecule is Cc1cc(F)cc(I)c1O[CH2][Ge]([CH2]Oc1c(C)cc(F)cc1I)([CH](C)C)[CH](C)C. The molecule has 160 valence electrons. The van der Waals surface area contributed by atoms with Gasteiger partial charge in [0.2, 0.25) is 0 Å². The second-order valence-electron chi connectivity index (χ2n) is 8.19. The Morgan fingerprint density at radius 1 is 0.759 bits per heavy atom. The van der Waals surface area contributed by atoms with Crippen LogP contribution >= 0.6 is 45.2 Å². The van der Waals surface area contributed by atoms with E-state index in [1.807, 2.05) is 13.8 Å². The molecule has 0 unspecified atom stereocenters. The summed E-state index contributed by atoms with van der Waals surface area (Å²) in [7, 11) is 0.